The first-order valence-corrected chi connectivity index (χ1v) is 7.67. The maximum Gasteiger partial charge on any atom is 0.277 e. The third-order valence-electron chi connectivity index (χ3n) is 3.61. The molecule has 1 fully saturated rings. The molecule has 0 saturated carbocycles. The fraction of sp³-hybridized carbons (Fsp3) is 0.400. The molecule has 23 heavy (non-hydrogen) atoms. The molecule has 0 aromatic heterocycles. The Bertz CT molecular complexity index is 594. The number of nitrogens with zero attached hydrogens (tertiary/aromatic N) is 3. The minimum absolute atomic E-state index is 0.0186. The Morgan fingerprint density at radius 1 is 1.26 bits per heavy atom. The fourth-order valence-electron chi connectivity index (χ4n) is 2.15. The second kappa shape index (κ2) is 7.89. The minimum atomic E-state index is -0.244. The van der Waals surface area contributed by atoms with Crippen LogP contribution in [0.5, 0.6) is 5.75 Å². The molecule has 0 spiro atoms. The van der Waals surface area contributed by atoms with E-state index in [2.05, 4.69) is 15.4 Å². The summed E-state index contributed by atoms with van der Waals surface area (Å²) in [6.45, 7) is 2.92. The van der Waals surface area contributed by atoms with Gasteiger partial charge in [0.2, 0.25) is 0 Å². The monoisotopic (exact) mass is 335 g/mol. The number of hydrogen-bond donors (Lipinski definition) is 2. The second-order valence-electron chi connectivity index (χ2n) is 5.26. The van der Waals surface area contributed by atoms with E-state index in [0.29, 0.717) is 18.8 Å². The van der Waals surface area contributed by atoms with Crippen molar-refractivity contribution in [1.82, 2.24) is 9.80 Å². The van der Waals surface area contributed by atoms with Gasteiger partial charge in [0.05, 0.1) is 12.8 Å². The fourth-order valence-corrected chi connectivity index (χ4v) is 2.29. The molecule has 1 aliphatic rings. The molecule has 7 nitrogen and oxygen atoms in total. The summed E-state index contributed by atoms with van der Waals surface area (Å²) in [4.78, 5) is 16.4. The molecule has 1 aromatic rings. The molecule has 1 aromatic carbocycles. The Balaban J connectivity index is 2.07. The number of nitrogens with one attached hydrogen (secondary N) is 1. The first-order valence-electron chi connectivity index (χ1n) is 7.26. The van der Waals surface area contributed by atoms with E-state index in [4.69, 9.17) is 22.7 Å². The Labute approximate surface area is 141 Å². The second-order valence-corrected chi connectivity index (χ2v) is 5.70. The standard InChI is InChI=1S/C15H21N5O2S/c1-19-7-9-20(10-8-19)15(21)13(14(16)23)18-17-11-3-5-12(22-2)6-4-11/h3-6,17H,7-10H2,1-2H3,(H2,16,23). The number of carbonyl (C=O) groups excluding carboxylic acids is 1. The lowest BCUT2D eigenvalue weighted by Gasteiger charge is -2.32. The van der Waals surface area contributed by atoms with Crippen LogP contribution < -0.4 is 15.9 Å². The molecule has 1 amide bonds. The van der Waals surface area contributed by atoms with Crippen LogP contribution in [0.3, 0.4) is 0 Å². The van der Waals surface area contributed by atoms with Gasteiger partial charge in [0, 0.05) is 26.2 Å². The molecular formula is C15H21N5O2S. The van der Waals surface area contributed by atoms with Gasteiger partial charge in [0.1, 0.15) is 10.7 Å². The zero-order chi connectivity index (χ0) is 16.8. The van der Waals surface area contributed by atoms with E-state index in [1.807, 2.05) is 7.05 Å². The quantitative estimate of drug-likeness (QED) is 0.464. The van der Waals surface area contributed by atoms with E-state index in [1.54, 1.807) is 36.3 Å². The highest BCUT2D eigenvalue weighted by molar-refractivity contribution is 7.82. The van der Waals surface area contributed by atoms with Gasteiger partial charge in [-0.25, -0.2) is 0 Å². The van der Waals surface area contributed by atoms with Crippen molar-refractivity contribution in [3.05, 3.63) is 24.3 Å². The van der Waals surface area contributed by atoms with Gasteiger partial charge < -0.3 is 20.3 Å². The summed E-state index contributed by atoms with van der Waals surface area (Å²) in [6.07, 6.45) is 0. The first kappa shape index (κ1) is 17.2. The van der Waals surface area contributed by atoms with Crippen molar-refractivity contribution in [2.45, 2.75) is 0 Å². The maximum atomic E-state index is 12.5. The Morgan fingerprint density at radius 3 is 2.39 bits per heavy atom. The van der Waals surface area contributed by atoms with Crippen LogP contribution >= 0.6 is 12.2 Å². The number of hydrogen-bond acceptors (Lipinski definition) is 6. The smallest absolute Gasteiger partial charge is 0.277 e. The van der Waals surface area contributed by atoms with Crippen molar-refractivity contribution in [2.75, 3.05) is 45.8 Å². The van der Waals surface area contributed by atoms with E-state index < -0.39 is 0 Å². The van der Waals surface area contributed by atoms with E-state index in [1.165, 1.54) is 0 Å². The van der Waals surface area contributed by atoms with Crippen LogP contribution in [0.2, 0.25) is 0 Å². The molecule has 0 unspecified atom stereocenters. The number of methoxy groups -OCH3 is 1. The van der Waals surface area contributed by atoms with E-state index in [9.17, 15) is 4.79 Å². The van der Waals surface area contributed by atoms with E-state index >= 15 is 0 Å². The van der Waals surface area contributed by atoms with Crippen molar-refractivity contribution < 1.29 is 9.53 Å². The summed E-state index contributed by atoms with van der Waals surface area (Å²) < 4.78 is 5.09. The number of piperazine rings is 1. The van der Waals surface area contributed by atoms with Gasteiger partial charge in [-0.15, -0.1) is 0 Å². The SMILES string of the molecule is COc1ccc(NN=C(C(=O)N2CCN(C)CC2)C(N)=S)cc1. The summed E-state index contributed by atoms with van der Waals surface area (Å²) in [7, 11) is 3.62. The van der Waals surface area contributed by atoms with Crippen LogP contribution in [-0.2, 0) is 4.79 Å². The Kier molecular flexibility index (Phi) is 5.89. The molecule has 3 N–H and O–H groups in total. The molecule has 0 radical (unpaired) electrons. The lowest BCUT2D eigenvalue weighted by Crippen LogP contribution is -2.51. The topological polar surface area (TPSA) is 83.2 Å². The molecule has 124 valence electrons. The Morgan fingerprint density at radius 2 is 1.87 bits per heavy atom. The number of anilines is 1. The summed E-state index contributed by atoms with van der Waals surface area (Å²) in [5.41, 5.74) is 9.26. The Hall–Kier alpha value is -2.19. The molecule has 0 bridgehead atoms. The molecule has 1 heterocycles. The summed E-state index contributed by atoms with van der Waals surface area (Å²) in [5, 5.41) is 4.10. The van der Waals surface area contributed by atoms with Crippen LogP contribution in [0.1, 0.15) is 0 Å². The molecule has 1 aliphatic heterocycles. The lowest BCUT2D eigenvalue weighted by molar-refractivity contribution is -0.125. The third kappa shape index (κ3) is 4.64. The highest BCUT2D eigenvalue weighted by atomic mass is 32.1. The van der Waals surface area contributed by atoms with E-state index in [0.717, 1.165) is 18.8 Å². The van der Waals surface area contributed by atoms with Crippen molar-refractivity contribution in [2.24, 2.45) is 10.8 Å². The summed E-state index contributed by atoms with van der Waals surface area (Å²) in [6, 6.07) is 7.17. The average Bonchev–Trinajstić information content (AvgIpc) is 2.55. The van der Waals surface area contributed by atoms with Gasteiger partial charge in [0.15, 0.2) is 5.71 Å². The van der Waals surface area contributed by atoms with Crippen LogP contribution in [0.15, 0.2) is 29.4 Å². The number of rotatable bonds is 5. The number of hydrazone groups is 1. The maximum absolute atomic E-state index is 12.5. The van der Waals surface area contributed by atoms with Crippen molar-refractivity contribution >= 4 is 34.5 Å². The lowest BCUT2D eigenvalue weighted by atomic mass is 10.2. The molecule has 0 atom stereocenters. The van der Waals surface area contributed by atoms with Gasteiger partial charge in [-0.2, -0.15) is 5.10 Å². The van der Waals surface area contributed by atoms with Crippen LogP contribution in [0.4, 0.5) is 5.69 Å². The first-order chi connectivity index (χ1) is 11.0. The van der Waals surface area contributed by atoms with Crippen LogP contribution in [0, 0.1) is 0 Å². The average molecular weight is 335 g/mol. The van der Waals surface area contributed by atoms with Gasteiger partial charge in [-0.05, 0) is 31.3 Å². The predicted molar refractivity (Wildman–Crippen MR) is 94.9 cm³/mol. The minimum Gasteiger partial charge on any atom is -0.497 e. The van der Waals surface area contributed by atoms with E-state index in [-0.39, 0.29) is 16.6 Å². The zero-order valence-corrected chi connectivity index (χ0v) is 14.1. The van der Waals surface area contributed by atoms with Crippen molar-refractivity contribution in [1.29, 1.82) is 0 Å². The predicted octanol–water partition coefficient (Wildman–Crippen LogP) is 0.523. The number of nitrogens with two attached hydrogens (primary N) is 1. The van der Waals surface area contributed by atoms with Crippen LogP contribution in [-0.4, -0.2) is 66.7 Å². The highest BCUT2D eigenvalue weighted by Crippen LogP contribution is 2.15. The van der Waals surface area contributed by atoms with Gasteiger partial charge >= 0.3 is 0 Å². The normalized spacial score (nSPS) is 16.1. The van der Waals surface area contributed by atoms with Gasteiger partial charge in [-0.1, -0.05) is 12.2 Å². The van der Waals surface area contributed by atoms with Crippen LogP contribution in [0.25, 0.3) is 0 Å². The molecule has 1 saturated heterocycles. The summed E-state index contributed by atoms with van der Waals surface area (Å²) in [5.74, 6) is 0.495. The molecular weight excluding hydrogens is 314 g/mol. The number of carbonyl (C=O) groups is 1. The summed E-state index contributed by atoms with van der Waals surface area (Å²) >= 11 is 4.97. The number of benzene rings is 1. The molecule has 2 rings (SSSR count). The van der Waals surface area contributed by atoms with Crippen molar-refractivity contribution in [3.63, 3.8) is 0 Å². The molecule has 8 heteroatoms. The van der Waals surface area contributed by atoms with Gasteiger partial charge in [-0.3, -0.25) is 10.2 Å². The van der Waals surface area contributed by atoms with Crippen molar-refractivity contribution in [3.8, 4) is 5.75 Å². The third-order valence-corrected chi connectivity index (χ3v) is 3.81. The number of amides is 1. The number of likely N-dealkylation sites (N-methyl/N-ethyl adjacent to an activating group) is 1. The van der Waals surface area contributed by atoms with Gasteiger partial charge in [0.25, 0.3) is 5.91 Å². The largest absolute Gasteiger partial charge is 0.497 e. The zero-order valence-electron chi connectivity index (χ0n) is 13.3. The number of ether oxygens (including phenoxy) is 1. The molecule has 0 aliphatic carbocycles. The highest BCUT2D eigenvalue weighted by Gasteiger charge is 2.25. The number of thiocarbonyl (C=S) groups is 1.